The number of ether oxygens (including phenoxy) is 1. The molecule has 0 bridgehead atoms. The maximum atomic E-state index is 11.8. The predicted molar refractivity (Wildman–Crippen MR) is 84.7 cm³/mol. The standard InChI is InChI=1S/C15H17N5O4/c1-2-3-10-19-14(16-17-18-19)11-24-15(21)9-8-12-6-4-5-7-13(12)20(22)23/h4-9H,2-3,10-11H2,1H3/b9-8+. The second-order valence-electron chi connectivity index (χ2n) is 4.93. The van der Waals surface area contributed by atoms with Crippen molar-refractivity contribution in [3.63, 3.8) is 0 Å². The molecule has 0 aliphatic rings. The Kier molecular flexibility index (Phi) is 6.12. The number of esters is 1. The molecule has 24 heavy (non-hydrogen) atoms. The number of aromatic nitrogens is 4. The van der Waals surface area contributed by atoms with Gasteiger partial charge >= 0.3 is 5.97 Å². The fourth-order valence-corrected chi connectivity index (χ4v) is 1.94. The first-order chi connectivity index (χ1) is 11.6. The molecular formula is C15H17N5O4. The lowest BCUT2D eigenvalue weighted by atomic mass is 10.1. The summed E-state index contributed by atoms with van der Waals surface area (Å²) in [6, 6.07) is 6.13. The van der Waals surface area contributed by atoms with Crippen molar-refractivity contribution in [3.05, 3.63) is 51.8 Å². The van der Waals surface area contributed by atoms with Crippen LogP contribution in [0.2, 0.25) is 0 Å². The van der Waals surface area contributed by atoms with Crippen LogP contribution in [0.4, 0.5) is 5.69 Å². The maximum Gasteiger partial charge on any atom is 0.331 e. The van der Waals surface area contributed by atoms with E-state index in [-0.39, 0.29) is 12.3 Å². The van der Waals surface area contributed by atoms with Crippen LogP contribution in [0.5, 0.6) is 0 Å². The fourth-order valence-electron chi connectivity index (χ4n) is 1.94. The first-order valence-electron chi connectivity index (χ1n) is 7.45. The van der Waals surface area contributed by atoms with Crippen LogP contribution in [-0.4, -0.2) is 31.1 Å². The van der Waals surface area contributed by atoms with Crippen molar-refractivity contribution < 1.29 is 14.5 Å². The van der Waals surface area contributed by atoms with E-state index in [0.29, 0.717) is 17.9 Å². The number of hydrogen-bond acceptors (Lipinski definition) is 7. The molecule has 0 radical (unpaired) electrons. The molecular weight excluding hydrogens is 314 g/mol. The van der Waals surface area contributed by atoms with E-state index in [1.54, 1.807) is 22.9 Å². The summed E-state index contributed by atoms with van der Waals surface area (Å²) in [6.07, 6.45) is 4.41. The third-order valence-corrected chi connectivity index (χ3v) is 3.21. The molecule has 0 N–H and O–H groups in total. The molecule has 9 nitrogen and oxygen atoms in total. The molecule has 0 unspecified atom stereocenters. The van der Waals surface area contributed by atoms with E-state index in [9.17, 15) is 14.9 Å². The summed E-state index contributed by atoms with van der Waals surface area (Å²) < 4.78 is 6.66. The first-order valence-corrected chi connectivity index (χ1v) is 7.45. The van der Waals surface area contributed by atoms with Crippen molar-refractivity contribution in [1.29, 1.82) is 0 Å². The van der Waals surface area contributed by atoms with Crippen molar-refractivity contribution in [2.24, 2.45) is 0 Å². The summed E-state index contributed by atoms with van der Waals surface area (Å²) in [5.74, 6) is -0.172. The zero-order valence-corrected chi connectivity index (χ0v) is 13.2. The minimum atomic E-state index is -0.627. The van der Waals surface area contributed by atoms with Crippen LogP contribution >= 0.6 is 0 Å². The fraction of sp³-hybridized carbons (Fsp3) is 0.333. The zero-order valence-electron chi connectivity index (χ0n) is 13.2. The highest BCUT2D eigenvalue weighted by Gasteiger charge is 2.11. The van der Waals surface area contributed by atoms with Gasteiger partial charge in [-0.15, -0.1) is 5.10 Å². The molecule has 0 saturated carbocycles. The van der Waals surface area contributed by atoms with Crippen molar-refractivity contribution in [3.8, 4) is 0 Å². The van der Waals surface area contributed by atoms with Gasteiger partial charge < -0.3 is 4.74 Å². The topological polar surface area (TPSA) is 113 Å². The van der Waals surface area contributed by atoms with Gasteiger partial charge in [0.1, 0.15) is 0 Å². The van der Waals surface area contributed by atoms with Gasteiger partial charge in [-0.3, -0.25) is 10.1 Å². The summed E-state index contributed by atoms with van der Waals surface area (Å²) in [5, 5.41) is 22.1. The highest BCUT2D eigenvalue weighted by atomic mass is 16.6. The summed E-state index contributed by atoms with van der Waals surface area (Å²) in [4.78, 5) is 22.2. The largest absolute Gasteiger partial charge is 0.454 e. The number of nitro benzene ring substituents is 1. The Morgan fingerprint density at radius 1 is 1.42 bits per heavy atom. The van der Waals surface area contributed by atoms with Crippen LogP contribution in [0.3, 0.4) is 0 Å². The van der Waals surface area contributed by atoms with Gasteiger partial charge in [0.25, 0.3) is 5.69 Å². The average Bonchev–Trinajstić information content (AvgIpc) is 3.03. The van der Waals surface area contributed by atoms with Gasteiger partial charge in [-0.2, -0.15) is 0 Å². The number of aryl methyl sites for hydroxylation is 1. The van der Waals surface area contributed by atoms with E-state index in [2.05, 4.69) is 22.4 Å². The lowest BCUT2D eigenvalue weighted by molar-refractivity contribution is -0.385. The van der Waals surface area contributed by atoms with Gasteiger partial charge in [-0.1, -0.05) is 25.5 Å². The van der Waals surface area contributed by atoms with Gasteiger partial charge in [-0.05, 0) is 29.0 Å². The monoisotopic (exact) mass is 331 g/mol. The number of carbonyl (C=O) groups excluding carboxylic acids is 1. The molecule has 2 rings (SSSR count). The minimum Gasteiger partial charge on any atom is -0.454 e. The minimum absolute atomic E-state index is 0.0588. The number of benzene rings is 1. The van der Waals surface area contributed by atoms with Crippen LogP contribution in [0.15, 0.2) is 30.3 Å². The quantitative estimate of drug-likeness (QED) is 0.315. The number of para-hydroxylation sites is 1. The number of hydrogen-bond donors (Lipinski definition) is 0. The normalized spacial score (nSPS) is 10.9. The average molecular weight is 331 g/mol. The second-order valence-corrected chi connectivity index (χ2v) is 4.93. The van der Waals surface area contributed by atoms with Crippen molar-refractivity contribution >= 4 is 17.7 Å². The Morgan fingerprint density at radius 2 is 2.21 bits per heavy atom. The Bertz CT molecular complexity index is 741. The Labute approximate surface area is 138 Å². The summed E-state index contributed by atoms with van der Waals surface area (Å²) in [5.41, 5.74) is 0.247. The number of carbonyl (C=O) groups is 1. The Balaban J connectivity index is 1.94. The molecule has 1 heterocycles. The summed E-state index contributed by atoms with van der Waals surface area (Å²) in [6.45, 7) is 2.65. The molecule has 9 heteroatoms. The molecule has 0 aliphatic carbocycles. The number of rotatable bonds is 8. The molecule has 2 aromatic rings. The first kappa shape index (κ1) is 17.3. The van der Waals surface area contributed by atoms with E-state index in [1.165, 1.54) is 12.1 Å². The van der Waals surface area contributed by atoms with Gasteiger partial charge in [0, 0.05) is 18.7 Å². The number of nitrogens with zero attached hydrogens (tertiary/aromatic N) is 5. The molecule has 126 valence electrons. The van der Waals surface area contributed by atoms with E-state index >= 15 is 0 Å². The predicted octanol–water partition coefficient (Wildman–Crippen LogP) is 2.14. The van der Waals surface area contributed by atoms with Crippen LogP contribution in [0, 0.1) is 10.1 Å². The van der Waals surface area contributed by atoms with Crippen molar-refractivity contribution in [1.82, 2.24) is 20.2 Å². The number of unbranched alkanes of at least 4 members (excludes halogenated alkanes) is 1. The second kappa shape index (κ2) is 8.51. The molecule has 0 fully saturated rings. The lowest BCUT2D eigenvalue weighted by Crippen LogP contribution is -2.09. The molecule has 0 spiro atoms. The number of tetrazole rings is 1. The van der Waals surface area contributed by atoms with Crippen LogP contribution < -0.4 is 0 Å². The van der Waals surface area contributed by atoms with Crippen molar-refractivity contribution in [2.45, 2.75) is 32.9 Å². The lowest BCUT2D eigenvalue weighted by Gasteiger charge is -2.03. The smallest absolute Gasteiger partial charge is 0.331 e. The highest BCUT2D eigenvalue weighted by molar-refractivity contribution is 5.87. The molecule has 0 aliphatic heterocycles. The van der Waals surface area contributed by atoms with Crippen LogP contribution in [0.1, 0.15) is 31.2 Å². The van der Waals surface area contributed by atoms with Gasteiger partial charge in [0.05, 0.1) is 10.5 Å². The Morgan fingerprint density at radius 3 is 2.96 bits per heavy atom. The van der Waals surface area contributed by atoms with Crippen LogP contribution in [-0.2, 0) is 22.7 Å². The molecule has 0 atom stereocenters. The molecule has 1 aromatic heterocycles. The maximum absolute atomic E-state index is 11.8. The van der Waals surface area contributed by atoms with Crippen LogP contribution in [0.25, 0.3) is 6.08 Å². The van der Waals surface area contributed by atoms with E-state index in [4.69, 9.17) is 4.74 Å². The van der Waals surface area contributed by atoms with Gasteiger partial charge in [0.15, 0.2) is 12.4 Å². The molecule has 1 aromatic carbocycles. The summed E-state index contributed by atoms with van der Waals surface area (Å²) in [7, 11) is 0. The van der Waals surface area contributed by atoms with E-state index in [1.807, 2.05) is 0 Å². The van der Waals surface area contributed by atoms with E-state index in [0.717, 1.165) is 18.9 Å². The van der Waals surface area contributed by atoms with Crippen molar-refractivity contribution in [2.75, 3.05) is 0 Å². The zero-order chi connectivity index (χ0) is 17.4. The molecule has 0 amide bonds. The third kappa shape index (κ3) is 4.70. The molecule has 0 saturated heterocycles. The van der Waals surface area contributed by atoms with Gasteiger partial charge in [-0.25, -0.2) is 9.48 Å². The SMILES string of the molecule is CCCCn1nnnc1COC(=O)/C=C/c1ccccc1[N+](=O)[O-]. The Hall–Kier alpha value is -3.10. The highest BCUT2D eigenvalue weighted by Crippen LogP contribution is 2.18. The number of nitro groups is 1. The third-order valence-electron chi connectivity index (χ3n) is 3.21. The van der Waals surface area contributed by atoms with E-state index < -0.39 is 10.9 Å². The summed E-state index contributed by atoms with van der Waals surface area (Å²) >= 11 is 0. The van der Waals surface area contributed by atoms with Gasteiger partial charge in [0.2, 0.25) is 0 Å².